The van der Waals surface area contributed by atoms with Crippen molar-refractivity contribution in [3.8, 4) is 0 Å². The molecular formula is C19H21B2Cl2CrN2O3. The molecule has 29 heavy (non-hydrogen) atoms. The number of nitrogens with zero attached hydrogens (tertiary/aromatic N) is 1. The van der Waals surface area contributed by atoms with Crippen LogP contribution >= 0.6 is 23.2 Å². The Morgan fingerprint density at radius 3 is 1.93 bits per heavy atom. The summed E-state index contributed by atoms with van der Waals surface area (Å²) in [5, 5.41) is 5.20. The van der Waals surface area contributed by atoms with Crippen LogP contribution in [0.5, 0.6) is 0 Å². The summed E-state index contributed by atoms with van der Waals surface area (Å²) in [6, 6.07) is 10.2. The van der Waals surface area contributed by atoms with Gasteiger partial charge in [-0.2, -0.15) is 0 Å². The molecule has 2 aromatic carbocycles. The van der Waals surface area contributed by atoms with Crippen molar-refractivity contribution in [3.63, 3.8) is 0 Å². The van der Waals surface area contributed by atoms with Crippen molar-refractivity contribution < 1.29 is 31.7 Å². The molecule has 0 saturated carbocycles. The molecule has 3 rings (SSSR count). The Kier molecular flexibility index (Phi) is 14.5. The number of rotatable bonds is 1. The van der Waals surface area contributed by atoms with Gasteiger partial charge in [0.25, 0.3) is 6.85 Å². The smallest absolute Gasteiger partial charge is 0.545 e. The van der Waals surface area contributed by atoms with Gasteiger partial charge in [-0.3, -0.25) is 20.4 Å². The van der Waals surface area contributed by atoms with Gasteiger partial charge in [-0.15, -0.1) is 0 Å². The first-order chi connectivity index (χ1) is 13.4. The summed E-state index contributed by atoms with van der Waals surface area (Å²) in [6.07, 6.45) is 0. The van der Waals surface area contributed by atoms with E-state index in [0.717, 1.165) is 26.9 Å². The van der Waals surface area contributed by atoms with Gasteiger partial charge in [0.2, 0.25) is 0 Å². The molecule has 1 radical (unpaired) electrons. The Bertz CT molecular complexity index is 798. The van der Waals surface area contributed by atoms with Crippen molar-refractivity contribution in [1.29, 1.82) is 0 Å². The summed E-state index contributed by atoms with van der Waals surface area (Å²) in [6.45, 7) is 18.7. The first-order valence-corrected chi connectivity index (χ1v) is 8.97. The van der Waals surface area contributed by atoms with Crippen molar-refractivity contribution >= 4 is 74.2 Å². The second-order valence-electron chi connectivity index (χ2n) is 5.92. The van der Waals surface area contributed by atoms with Gasteiger partial charge in [0.1, 0.15) is 0 Å². The van der Waals surface area contributed by atoms with Crippen LogP contribution in [0.25, 0.3) is 0 Å². The van der Waals surface area contributed by atoms with Crippen molar-refractivity contribution in [2.75, 3.05) is 9.95 Å². The minimum absolute atomic E-state index is 0. The molecule has 5 nitrogen and oxygen atoms in total. The standard InChI is InChI=1S/C16H18B2Cl2N2.3CHO.Cr/c1-10-13(19)6-5-7-15(10)22-17(3)12-8-9-14(20)11(2)16(12)21-18(22)4;3*1-2;/h5-9,21H,1-4H3;3*1H;/q;3*-1;+3. The van der Waals surface area contributed by atoms with Gasteiger partial charge < -0.3 is 24.3 Å². The van der Waals surface area contributed by atoms with E-state index >= 15 is 0 Å². The molecule has 1 aliphatic rings. The molecule has 151 valence electrons. The zero-order valence-corrected chi connectivity index (χ0v) is 19.4. The number of benzene rings is 2. The minimum Gasteiger partial charge on any atom is -0.545 e. The summed E-state index contributed by atoms with van der Waals surface area (Å²) < 4.78 is 2.37. The van der Waals surface area contributed by atoms with Crippen LogP contribution in [0.2, 0.25) is 23.7 Å². The van der Waals surface area contributed by atoms with Gasteiger partial charge >= 0.3 is 24.3 Å². The van der Waals surface area contributed by atoms with Crippen LogP contribution in [0.1, 0.15) is 11.1 Å². The largest absolute Gasteiger partial charge is 3.00 e. The third kappa shape index (κ3) is 6.39. The fourth-order valence-electron chi connectivity index (χ4n) is 3.30. The Labute approximate surface area is 194 Å². The molecule has 1 aliphatic heterocycles. The number of halogens is 2. The third-order valence-electron chi connectivity index (χ3n) is 4.59. The van der Waals surface area contributed by atoms with Crippen LogP contribution in [0.3, 0.4) is 0 Å². The molecule has 10 heteroatoms. The van der Waals surface area contributed by atoms with E-state index in [9.17, 15) is 0 Å². The van der Waals surface area contributed by atoms with E-state index in [1.807, 2.05) is 18.2 Å². The van der Waals surface area contributed by atoms with E-state index in [1.165, 1.54) is 11.2 Å². The molecule has 0 aliphatic carbocycles. The average Bonchev–Trinajstić information content (AvgIpc) is 2.73. The Balaban J connectivity index is 0. The van der Waals surface area contributed by atoms with Crippen LogP contribution in [-0.2, 0) is 31.7 Å². The second kappa shape index (κ2) is 14.3. The summed E-state index contributed by atoms with van der Waals surface area (Å²) in [5.41, 5.74) is 5.81. The molecule has 0 spiro atoms. The Morgan fingerprint density at radius 2 is 1.38 bits per heavy atom. The van der Waals surface area contributed by atoms with Crippen LogP contribution in [0.15, 0.2) is 30.3 Å². The van der Waals surface area contributed by atoms with Crippen LogP contribution in [0, 0.1) is 13.8 Å². The Hall–Kier alpha value is -1.71. The number of fused-ring (bicyclic) bond motifs is 1. The third-order valence-corrected chi connectivity index (χ3v) is 5.41. The number of carbonyl (C=O) groups excluding carboxylic acids is 3. The van der Waals surface area contributed by atoms with E-state index < -0.39 is 0 Å². The molecule has 2 aromatic rings. The molecule has 0 saturated heterocycles. The molecule has 0 amide bonds. The van der Waals surface area contributed by atoms with E-state index in [0.29, 0.717) is 0 Å². The van der Waals surface area contributed by atoms with Crippen molar-refractivity contribution in [2.24, 2.45) is 0 Å². The van der Waals surface area contributed by atoms with Gasteiger partial charge in [-0.25, -0.2) is 0 Å². The average molecular weight is 470 g/mol. The number of anilines is 2. The number of nitrogens with one attached hydrogen (secondary N) is 1. The van der Waals surface area contributed by atoms with Gasteiger partial charge in [0.05, 0.1) is 0 Å². The van der Waals surface area contributed by atoms with E-state index in [1.54, 1.807) is 0 Å². The van der Waals surface area contributed by atoms with Crippen LogP contribution in [0.4, 0.5) is 11.4 Å². The molecule has 0 fully saturated rings. The van der Waals surface area contributed by atoms with Gasteiger partial charge in [0, 0.05) is 21.4 Å². The maximum Gasteiger partial charge on any atom is 3.00 e. The van der Waals surface area contributed by atoms with E-state index in [4.69, 9.17) is 37.6 Å². The SMILES string of the molecule is CB1Nc2c(ccc(Cl)c2C)B(C)N1c1cccc(Cl)c1C.[CH-]=O.[CH-]=O.[CH-]=O.[Cr+3]. The van der Waals surface area contributed by atoms with Gasteiger partial charge in [-0.05, 0) is 55.5 Å². The molecule has 0 unspecified atom stereocenters. The maximum absolute atomic E-state index is 7.75. The van der Waals surface area contributed by atoms with E-state index in [2.05, 4.69) is 69.9 Å². The zero-order chi connectivity index (χ0) is 22.0. The predicted molar refractivity (Wildman–Crippen MR) is 122 cm³/mol. The fraction of sp³-hybridized carbons (Fsp3) is 0.211. The molecule has 0 aromatic heterocycles. The van der Waals surface area contributed by atoms with E-state index in [-0.39, 0.29) is 31.2 Å². The van der Waals surface area contributed by atoms with Crippen LogP contribution in [-0.4, -0.2) is 34.2 Å². The van der Waals surface area contributed by atoms with Crippen molar-refractivity contribution in [2.45, 2.75) is 27.5 Å². The summed E-state index contributed by atoms with van der Waals surface area (Å²) in [5.74, 6) is 0. The van der Waals surface area contributed by atoms with Crippen molar-refractivity contribution in [3.05, 3.63) is 51.5 Å². The van der Waals surface area contributed by atoms with Gasteiger partial charge in [-0.1, -0.05) is 42.2 Å². The first-order valence-electron chi connectivity index (χ1n) is 8.21. The predicted octanol–water partition coefficient (Wildman–Crippen LogP) is 3.66. The number of hydrogen-bond donors (Lipinski definition) is 1. The van der Waals surface area contributed by atoms with Crippen molar-refractivity contribution in [1.82, 2.24) is 0 Å². The normalized spacial score (nSPS) is 11.0. The molecule has 0 atom stereocenters. The molecule has 1 heterocycles. The first kappa shape index (κ1) is 29.5. The molecular weight excluding hydrogens is 449 g/mol. The fourth-order valence-corrected chi connectivity index (χ4v) is 3.63. The Morgan fingerprint density at radius 1 is 0.862 bits per heavy atom. The summed E-state index contributed by atoms with van der Waals surface area (Å²) in [7, 11) is 0. The van der Waals surface area contributed by atoms with Gasteiger partial charge in [0.15, 0.2) is 0 Å². The minimum atomic E-state index is 0. The molecule has 1 N–H and O–H groups in total. The molecule has 0 bridgehead atoms. The zero-order valence-electron chi connectivity index (χ0n) is 16.6. The monoisotopic (exact) mass is 469 g/mol. The van der Waals surface area contributed by atoms with Crippen LogP contribution < -0.4 is 15.4 Å². The number of hydrogen-bond acceptors (Lipinski definition) is 5. The quantitative estimate of drug-likeness (QED) is 0.392. The maximum atomic E-state index is 7.75. The summed E-state index contributed by atoms with van der Waals surface area (Å²) in [4.78, 5) is 23.2. The summed E-state index contributed by atoms with van der Waals surface area (Å²) >= 11 is 12.6. The topological polar surface area (TPSA) is 66.5 Å². The second-order valence-corrected chi connectivity index (χ2v) is 6.74.